The molecule has 0 spiro atoms. The molecule has 0 aliphatic heterocycles. The van der Waals surface area contributed by atoms with Crippen LogP contribution in [0.25, 0.3) is 0 Å². The summed E-state index contributed by atoms with van der Waals surface area (Å²) in [6.45, 7) is 6.36. The van der Waals surface area contributed by atoms with E-state index < -0.39 is 0 Å². The van der Waals surface area contributed by atoms with Crippen molar-refractivity contribution in [2.75, 3.05) is 5.32 Å². The van der Waals surface area contributed by atoms with Crippen molar-refractivity contribution < 1.29 is 4.79 Å². The summed E-state index contributed by atoms with van der Waals surface area (Å²) in [5.74, 6) is -0.120. The largest absolute Gasteiger partial charge is 0.325 e. The number of carbonyl (C=O) groups is 1. The average molecular weight is 401 g/mol. The Bertz CT molecular complexity index is 937. The van der Waals surface area contributed by atoms with Crippen molar-refractivity contribution in [3.63, 3.8) is 0 Å². The fraction of sp³-hybridized carbons (Fsp3) is 0.250. The van der Waals surface area contributed by atoms with Crippen molar-refractivity contribution in [2.45, 2.75) is 37.4 Å². The smallest absolute Gasteiger partial charge is 0.243 e. The van der Waals surface area contributed by atoms with Gasteiger partial charge in [-0.3, -0.25) is 4.79 Å². The molecule has 2 aromatic carbocycles. The highest BCUT2D eigenvalue weighted by molar-refractivity contribution is 7.99. The fourth-order valence-corrected chi connectivity index (χ4v) is 3.52. The van der Waals surface area contributed by atoms with Crippen molar-refractivity contribution in [3.05, 3.63) is 64.9 Å². The number of nitrogens with zero attached hydrogens (tertiary/aromatic N) is 3. The minimum Gasteiger partial charge on any atom is -0.325 e. The first-order valence-corrected chi connectivity index (χ1v) is 9.85. The van der Waals surface area contributed by atoms with Crippen molar-refractivity contribution >= 4 is 35.0 Å². The number of halogens is 1. The first kappa shape index (κ1) is 19.5. The van der Waals surface area contributed by atoms with Crippen molar-refractivity contribution in [3.8, 4) is 0 Å². The van der Waals surface area contributed by atoms with E-state index in [9.17, 15) is 4.79 Å². The van der Waals surface area contributed by atoms with Crippen LogP contribution in [0.4, 0.5) is 5.69 Å². The Kier molecular flexibility index (Phi) is 6.19. The van der Waals surface area contributed by atoms with Crippen LogP contribution >= 0.6 is 23.4 Å². The monoisotopic (exact) mass is 400 g/mol. The molecule has 0 fully saturated rings. The molecule has 5 nitrogen and oxygen atoms in total. The lowest BCUT2D eigenvalue weighted by molar-refractivity contribution is -0.118. The molecule has 1 N–H and O–H groups in total. The highest BCUT2D eigenvalue weighted by atomic mass is 35.5. The number of rotatable bonds is 6. The van der Waals surface area contributed by atoms with Gasteiger partial charge in [-0.05, 0) is 48.0 Å². The molecule has 27 heavy (non-hydrogen) atoms. The summed E-state index contributed by atoms with van der Waals surface area (Å²) in [5, 5.41) is 8.14. The van der Waals surface area contributed by atoms with Crippen LogP contribution in [-0.2, 0) is 11.3 Å². The predicted molar refractivity (Wildman–Crippen MR) is 109 cm³/mol. The summed E-state index contributed by atoms with van der Waals surface area (Å²) >= 11 is 7.49. The molecule has 0 radical (unpaired) electrons. The maximum atomic E-state index is 12.1. The van der Waals surface area contributed by atoms with Gasteiger partial charge in [0.05, 0.1) is 12.2 Å². The fourth-order valence-electron chi connectivity index (χ4n) is 2.38. The van der Waals surface area contributed by atoms with E-state index in [-0.39, 0.29) is 17.1 Å². The first-order chi connectivity index (χ1) is 12.9. The second-order valence-corrected chi connectivity index (χ2v) is 7.90. The maximum Gasteiger partial charge on any atom is 0.243 e. The number of hydrogen-bond acceptors (Lipinski definition) is 4. The molecule has 3 aromatic rings. The molecule has 0 aliphatic carbocycles. The SMILES string of the molecule is Cc1ccc(Cn2nc(Cl)nc2Sc2ccccc2NC(=O)C(C)C)cc1. The van der Waals surface area contributed by atoms with Gasteiger partial charge in [0.25, 0.3) is 0 Å². The first-order valence-electron chi connectivity index (χ1n) is 8.66. The van der Waals surface area contributed by atoms with Gasteiger partial charge in [-0.2, -0.15) is 4.98 Å². The van der Waals surface area contributed by atoms with Gasteiger partial charge in [-0.15, -0.1) is 5.10 Å². The van der Waals surface area contributed by atoms with Gasteiger partial charge in [-0.25, -0.2) is 4.68 Å². The van der Waals surface area contributed by atoms with Crippen molar-refractivity contribution in [2.24, 2.45) is 5.92 Å². The molecule has 0 unspecified atom stereocenters. The van der Waals surface area contributed by atoms with Gasteiger partial charge >= 0.3 is 0 Å². The van der Waals surface area contributed by atoms with Crippen molar-refractivity contribution in [1.82, 2.24) is 14.8 Å². The number of aromatic nitrogens is 3. The topological polar surface area (TPSA) is 59.8 Å². The van der Waals surface area contributed by atoms with E-state index in [1.54, 1.807) is 4.68 Å². The van der Waals surface area contributed by atoms with Crippen LogP contribution in [-0.4, -0.2) is 20.7 Å². The van der Waals surface area contributed by atoms with Gasteiger partial charge in [-0.1, -0.05) is 55.8 Å². The lowest BCUT2D eigenvalue weighted by atomic mass is 10.1. The van der Waals surface area contributed by atoms with E-state index in [2.05, 4.69) is 46.6 Å². The lowest BCUT2D eigenvalue weighted by Crippen LogP contribution is -2.18. The minimum absolute atomic E-state index is 0.0257. The van der Waals surface area contributed by atoms with Gasteiger partial charge < -0.3 is 5.32 Å². The summed E-state index contributed by atoms with van der Waals surface area (Å²) < 4.78 is 1.78. The molecular formula is C20H21ClN4OS. The third-order valence-electron chi connectivity index (χ3n) is 3.94. The highest BCUT2D eigenvalue weighted by Gasteiger charge is 2.15. The lowest BCUT2D eigenvalue weighted by Gasteiger charge is -2.12. The van der Waals surface area contributed by atoms with Crippen LogP contribution in [0.15, 0.2) is 58.6 Å². The Morgan fingerprint density at radius 3 is 2.59 bits per heavy atom. The molecule has 0 saturated heterocycles. The summed E-state index contributed by atoms with van der Waals surface area (Å²) in [5.41, 5.74) is 3.08. The molecule has 7 heteroatoms. The summed E-state index contributed by atoms with van der Waals surface area (Å²) in [7, 11) is 0. The maximum absolute atomic E-state index is 12.1. The zero-order chi connectivity index (χ0) is 19.4. The van der Waals surface area contributed by atoms with Crippen LogP contribution in [0.5, 0.6) is 0 Å². The number of carbonyl (C=O) groups excluding carboxylic acids is 1. The number of anilines is 1. The molecule has 0 bridgehead atoms. The van der Waals surface area contributed by atoms with Crippen LogP contribution < -0.4 is 5.32 Å². The molecule has 0 aliphatic rings. The predicted octanol–water partition coefficient (Wildman–Crippen LogP) is 5.03. The summed E-state index contributed by atoms with van der Waals surface area (Å²) in [4.78, 5) is 17.3. The normalized spacial score (nSPS) is 11.0. The quantitative estimate of drug-likeness (QED) is 0.630. The number of nitrogens with one attached hydrogen (secondary N) is 1. The van der Waals surface area contributed by atoms with Crippen LogP contribution in [0, 0.1) is 12.8 Å². The second kappa shape index (κ2) is 8.59. The van der Waals surface area contributed by atoms with Gasteiger partial charge in [0, 0.05) is 10.8 Å². The van der Waals surface area contributed by atoms with E-state index in [0.29, 0.717) is 11.7 Å². The molecular weight excluding hydrogens is 380 g/mol. The van der Waals surface area contributed by atoms with Gasteiger partial charge in [0.2, 0.25) is 11.2 Å². The van der Waals surface area contributed by atoms with E-state index in [1.165, 1.54) is 17.3 Å². The zero-order valence-electron chi connectivity index (χ0n) is 15.4. The third kappa shape index (κ3) is 5.11. The van der Waals surface area contributed by atoms with E-state index >= 15 is 0 Å². The minimum atomic E-state index is -0.0947. The molecule has 0 saturated carbocycles. The molecule has 3 rings (SSSR count). The van der Waals surface area contributed by atoms with Gasteiger partial charge in [0.15, 0.2) is 5.16 Å². The van der Waals surface area contributed by atoms with Crippen LogP contribution in [0.2, 0.25) is 5.28 Å². The number of para-hydroxylation sites is 1. The number of aryl methyl sites for hydroxylation is 1. The highest BCUT2D eigenvalue weighted by Crippen LogP contribution is 2.33. The molecule has 1 amide bonds. The third-order valence-corrected chi connectivity index (χ3v) is 5.16. The Labute approximate surface area is 168 Å². The Hall–Kier alpha value is -2.31. The summed E-state index contributed by atoms with van der Waals surface area (Å²) in [6.07, 6.45) is 0. The average Bonchev–Trinajstić information content (AvgIpc) is 2.97. The van der Waals surface area contributed by atoms with Crippen LogP contribution in [0.1, 0.15) is 25.0 Å². The van der Waals surface area contributed by atoms with E-state index in [1.807, 2.05) is 38.1 Å². The zero-order valence-corrected chi connectivity index (χ0v) is 17.0. The molecule has 140 valence electrons. The second-order valence-electron chi connectivity index (χ2n) is 6.55. The summed E-state index contributed by atoms with van der Waals surface area (Å²) in [6, 6.07) is 15.9. The van der Waals surface area contributed by atoms with E-state index in [4.69, 9.17) is 11.6 Å². The standard InChI is InChI=1S/C20H21ClN4OS/c1-13(2)18(26)22-16-6-4-5-7-17(16)27-20-23-19(21)24-25(20)12-15-10-8-14(3)9-11-15/h4-11,13H,12H2,1-3H3,(H,22,26). The Morgan fingerprint density at radius 2 is 1.89 bits per heavy atom. The van der Waals surface area contributed by atoms with Gasteiger partial charge in [0.1, 0.15) is 0 Å². The Morgan fingerprint density at radius 1 is 1.19 bits per heavy atom. The van der Waals surface area contributed by atoms with E-state index in [0.717, 1.165) is 16.1 Å². The molecule has 1 aromatic heterocycles. The molecule has 1 heterocycles. The number of hydrogen-bond donors (Lipinski definition) is 1. The molecule has 0 atom stereocenters. The Balaban J connectivity index is 1.84. The number of benzene rings is 2. The number of amides is 1. The van der Waals surface area contributed by atoms with Crippen LogP contribution in [0.3, 0.4) is 0 Å². The van der Waals surface area contributed by atoms with Crippen molar-refractivity contribution in [1.29, 1.82) is 0 Å².